The SMILES string of the molecule is CCC[C@@H](C)C(=O)N[C@H](C)c1noc(Cc2ccccc2)n1. The Hall–Kier alpha value is -2.17. The first-order valence-corrected chi connectivity index (χ1v) is 7.77. The van der Waals surface area contributed by atoms with Gasteiger partial charge >= 0.3 is 0 Å². The van der Waals surface area contributed by atoms with Crippen LogP contribution in [0.1, 0.15) is 56.9 Å². The summed E-state index contributed by atoms with van der Waals surface area (Å²) in [7, 11) is 0. The predicted molar refractivity (Wildman–Crippen MR) is 84.2 cm³/mol. The first-order chi connectivity index (χ1) is 10.6. The van der Waals surface area contributed by atoms with Gasteiger partial charge < -0.3 is 9.84 Å². The molecule has 2 aromatic rings. The lowest BCUT2D eigenvalue weighted by atomic mass is 10.1. The number of nitrogens with one attached hydrogen (secondary N) is 1. The largest absolute Gasteiger partial charge is 0.346 e. The highest BCUT2D eigenvalue weighted by Gasteiger charge is 2.19. The molecule has 1 aromatic heterocycles. The Morgan fingerprint density at radius 2 is 2.00 bits per heavy atom. The first kappa shape index (κ1) is 16.2. The molecule has 0 fully saturated rings. The minimum Gasteiger partial charge on any atom is -0.346 e. The van der Waals surface area contributed by atoms with Crippen LogP contribution in [-0.2, 0) is 11.2 Å². The fraction of sp³-hybridized carbons (Fsp3) is 0.471. The van der Waals surface area contributed by atoms with Crippen LogP contribution in [-0.4, -0.2) is 16.0 Å². The van der Waals surface area contributed by atoms with Crippen molar-refractivity contribution in [3.8, 4) is 0 Å². The molecule has 0 bridgehead atoms. The van der Waals surface area contributed by atoms with Crippen LogP contribution in [0.4, 0.5) is 0 Å². The summed E-state index contributed by atoms with van der Waals surface area (Å²) in [6.45, 7) is 5.87. The van der Waals surface area contributed by atoms with Crippen molar-refractivity contribution in [3.05, 3.63) is 47.6 Å². The summed E-state index contributed by atoms with van der Waals surface area (Å²) in [5.74, 6) is 1.11. The van der Waals surface area contributed by atoms with Gasteiger partial charge in [-0.1, -0.05) is 55.8 Å². The van der Waals surface area contributed by atoms with E-state index in [4.69, 9.17) is 4.52 Å². The van der Waals surface area contributed by atoms with Crippen LogP contribution in [0.5, 0.6) is 0 Å². The van der Waals surface area contributed by atoms with Crippen LogP contribution in [0.15, 0.2) is 34.9 Å². The first-order valence-electron chi connectivity index (χ1n) is 7.77. The highest BCUT2D eigenvalue weighted by molar-refractivity contribution is 5.78. The number of hydrogen-bond donors (Lipinski definition) is 1. The van der Waals surface area contributed by atoms with Crippen molar-refractivity contribution in [1.82, 2.24) is 15.5 Å². The van der Waals surface area contributed by atoms with Gasteiger partial charge in [0, 0.05) is 5.92 Å². The number of rotatable bonds is 7. The second kappa shape index (κ2) is 7.73. The van der Waals surface area contributed by atoms with Gasteiger partial charge in [0.15, 0.2) is 5.82 Å². The van der Waals surface area contributed by atoms with Gasteiger partial charge in [-0.15, -0.1) is 0 Å². The summed E-state index contributed by atoms with van der Waals surface area (Å²) >= 11 is 0. The molecule has 22 heavy (non-hydrogen) atoms. The van der Waals surface area contributed by atoms with Gasteiger partial charge in [-0.05, 0) is 18.9 Å². The van der Waals surface area contributed by atoms with Crippen molar-refractivity contribution in [2.45, 2.75) is 46.1 Å². The van der Waals surface area contributed by atoms with Crippen molar-refractivity contribution >= 4 is 5.91 Å². The fourth-order valence-electron chi connectivity index (χ4n) is 2.27. The monoisotopic (exact) mass is 301 g/mol. The summed E-state index contributed by atoms with van der Waals surface area (Å²) in [5, 5.41) is 6.90. The summed E-state index contributed by atoms with van der Waals surface area (Å²) in [6, 6.07) is 9.70. The van der Waals surface area contributed by atoms with Crippen LogP contribution in [0.3, 0.4) is 0 Å². The Labute approximate surface area is 131 Å². The van der Waals surface area contributed by atoms with Crippen LogP contribution >= 0.6 is 0 Å². The van der Waals surface area contributed by atoms with E-state index in [-0.39, 0.29) is 17.9 Å². The van der Waals surface area contributed by atoms with Crippen molar-refractivity contribution in [2.75, 3.05) is 0 Å². The van der Waals surface area contributed by atoms with E-state index in [0.717, 1.165) is 18.4 Å². The van der Waals surface area contributed by atoms with Crippen LogP contribution < -0.4 is 5.32 Å². The molecule has 1 aromatic carbocycles. The average Bonchev–Trinajstić information content (AvgIpc) is 2.97. The maximum Gasteiger partial charge on any atom is 0.231 e. The Morgan fingerprint density at radius 3 is 2.68 bits per heavy atom. The molecule has 0 spiro atoms. The lowest BCUT2D eigenvalue weighted by Gasteiger charge is -2.14. The Bertz CT molecular complexity index is 595. The number of hydrogen-bond acceptors (Lipinski definition) is 4. The Morgan fingerprint density at radius 1 is 1.27 bits per heavy atom. The van der Waals surface area contributed by atoms with Crippen molar-refractivity contribution < 1.29 is 9.32 Å². The molecule has 1 N–H and O–H groups in total. The van der Waals surface area contributed by atoms with Gasteiger partial charge in [0.1, 0.15) is 0 Å². The molecule has 0 aliphatic carbocycles. The van der Waals surface area contributed by atoms with Crippen LogP contribution in [0.25, 0.3) is 0 Å². The highest BCUT2D eigenvalue weighted by atomic mass is 16.5. The van der Waals surface area contributed by atoms with E-state index in [2.05, 4.69) is 22.4 Å². The number of carbonyl (C=O) groups is 1. The van der Waals surface area contributed by atoms with Crippen molar-refractivity contribution in [1.29, 1.82) is 0 Å². The van der Waals surface area contributed by atoms with Crippen molar-refractivity contribution in [3.63, 3.8) is 0 Å². The third kappa shape index (κ3) is 4.41. The van der Waals surface area contributed by atoms with Gasteiger partial charge in [-0.2, -0.15) is 4.98 Å². The highest BCUT2D eigenvalue weighted by Crippen LogP contribution is 2.13. The smallest absolute Gasteiger partial charge is 0.231 e. The Kier molecular flexibility index (Phi) is 5.69. The number of benzene rings is 1. The molecule has 118 valence electrons. The lowest BCUT2D eigenvalue weighted by molar-refractivity contribution is -0.125. The zero-order chi connectivity index (χ0) is 15.9. The van der Waals surface area contributed by atoms with E-state index in [1.807, 2.05) is 44.2 Å². The molecule has 0 saturated carbocycles. The minimum atomic E-state index is -0.250. The zero-order valence-electron chi connectivity index (χ0n) is 13.4. The molecule has 5 nitrogen and oxygen atoms in total. The zero-order valence-corrected chi connectivity index (χ0v) is 13.4. The number of nitrogens with zero attached hydrogens (tertiary/aromatic N) is 2. The molecule has 2 atom stereocenters. The van der Waals surface area contributed by atoms with Gasteiger partial charge in [0.25, 0.3) is 0 Å². The molecule has 0 aliphatic rings. The van der Waals surface area contributed by atoms with Gasteiger partial charge in [0.2, 0.25) is 11.8 Å². The predicted octanol–water partition coefficient (Wildman–Crippen LogP) is 3.27. The Balaban J connectivity index is 1.94. The number of carbonyl (C=O) groups excluding carboxylic acids is 1. The molecule has 0 radical (unpaired) electrons. The van der Waals surface area contributed by atoms with Crippen molar-refractivity contribution in [2.24, 2.45) is 5.92 Å². The van der Waals surface area contributed by atoms with Gasteiger partial charge in [-0.25, -0.2) is 0 Å². The molecule has 1 amide bonds. The van der Waals surface area contributed by atoms with Gasteiger partial charge in [-0.3, -0.25) is 4.79 Å². The van der Waals surface area contributed by atoms with E-state index in [1.165, 1.54) is 0 Å². The second-order valence-electron chi connectivity index (χ2n) is 5.63. The fourth-order valence-corrected chi connectivity index (χ4v) is 2.27. The van der Waals surface area contributed by atoms with E-state index >= 15 is 0 Å². The summed E-state index contributed by atoms with van der Waals surface area (Å²) in [6.07, 6.45) is 2.47. The average molecular weight is 301 g/mol. The topological polar surface area (TPSA) is 68.0 Å². The summed E-state index contributed by atoms with van der Waals surface area (Å²) in [4.78, 5) is 16.4. The van der Waals surface area contributed by atoms with Crippen LogP contribution in [0, 0.1) is 5.92 Å². The van der Waals surface area contributed by atoms with E-state index in [1.54, 1.807) is 0 Å². The van der Waals surface area contributed by atoms with Gasteiger partial charge in [0.05, 0.1) is 12.5 Å². The molecular formula is C17H23N3O2. The molecule has 0 saturated heterocycles. The normalized spacial score (nSPS) is 13.6. The van der Waals surface area contributed by atoms with E-state index < -0.39 is 0 Å². The minimum absolute atomic E-state index is 0.00291. The summed E-state index contributed by atoms with van der Waals surface area (Å²) < 4.78 is 5.27. The van der Waals surface area contributed by atoms with Crippen LogP contribution in [0.2, 0.25) is 0 Å². The molecular weight excluding hydrogens is 278 g/mol. The molecule has 0 unspecified atom stereocenters. The molecule has 2 rings (SSSR count). The maximum absolute atomic E-state index is 12.0. The summed E-state index contributed by atoms with van der Waals surface area (Å²) in [5.41, 5.74) is 1.12. The lowest BCUT2D eigenvalue weighted by Crippen LogP contribution is -2.32. The third-order valence-corrected chi connectivity index (χ3v) is 3.60. The maximum atomic E-state index is 12.0. The molecule has 5 heteroatoms. The van der Waals surface area contributed by atoms with E-state index in [9.17, 15) is 4.79 Å². The molecule has 1 heterocycles. The third-order valence-electron chi connectivity index (χ3n) is 3.60. The standard InChI is InChI=1S/C17H23N3O2/c1-4-8-12(2)17(21)18-13(3)16-19-15(22-20-16)11-14-9-6-5-7-10-14/h5-7,9-10,12-13H,4,8,11H2,1-3H3,(H,18,21)/t12-,13-/m1/s1. The number of amides is 1. The molecule has 0 aliphatic heterocycles. The number of aromatic nitrogens is 2. The van der Waals surface area contributed by atoms with E-state index in [0.29, 0.717) is 18.1 Å². The quantitative estimate of drug-likeness (QED) is 0.852. The second-order valence-corrected chi connectivity index (χ2v) is 5.63.